The smallest absolute Gasteiger partial charge is 0.550 e. The van der Waals surface area contributed by atoms with Crippen LogP contribution in [0.3, 0.4) is 0 Å². The summed E-state index contributed by atoms with van der Waals surface area (Å²) in [7, 11) is 0. The SMILES string of the molecule is [2H]C([2H])([2H])C(CC)(C(=O)O[C@H]1C[C@H](C)C=C2C=C[C@H](C)[C@H](CC[C@@H](O)C[C@@H](O)CC(=O)[O-])[C@H]21)C([2H])([2H])[2H].[Na+]. The second kappa shape index (κ2) is 12.7. The van der Waals surface area contributed by atoms with Crippen LogP contribution < -0.4 is 34.7 Å². The van der Waals surface area contributed by atoms with Gasteiger partial charge in [0.15, 0.2) is 0 Å². The number of carbonyl (C=O) groups excluding carboxylic acids is 2. The molecule has 0 saturated heterocycles. The summed E-state index contributed by atoms with van der Waals surface area (Å²) in [6.07, 6.45) is 3.07. The standard InChI is InChI=1S/C25H40O6.Na/c1-6-25(4,5)24(30)31-21-12-15(2)11-17-8-7-16(3)20(23(17)21)10-9-18(26)13-19(27)14-22(28)29;/h7-8,11,15-16,18-21,23,26-27H,6,9-10,12-14H2,1-5H3,(H,28,29);/q;+1/p-1/t15-,16+,18-,19-,20+,21+,23+;/m1./s1/i4D3,5D3;. The van der Waals surface area contributed by atoms with E-state index in [0.29, 0.717) is 12.8 Å². The van der Waals surface area contributed by atoms with E-state index < -0.39 is 62.2 Å². The molecule has 0 spiro atoms. The number of aliphatic carboxylic acids is 1. The first-order valence-electron chi connectivity index (χ1n) is 14.1. The molecule has 2 aliphatic carbocycles. The Bertz CT molecular complexity index is 873. The first kappa shape index (κ1) is 20.7. The van der Waals surface area contributed by atoms with Crippen molar-refractivity contribution < 1.29 is 67.4 Å². The summed E-state index contributed by atoms with van der Waals surface area (Å²) in [6.45, 7) is -0.919. The fourth-order valence-corrected chi connectivity index (χ4v) is 4.70. The van der Waals surface area contributed by atoms with Crippen molar-refractivity contribution >= 4 is 11.9 Å². The average molecular weight is 465 g/mol. The summed E-state index contributed by atoms with van der Waals surface area (Å²) in [4.78, 5) is 24.1. The van der Waals surface area contributed by atoms with Crippen LogP contribution in [0.4, 0.5) is 0 Å². The van der Waals surface area contributed by atoms with Gasteiger partial charge in [0.1, 0.15) is 6.10 Å². The van der Waals surface area contributed by atoms with Crippen molar-refractivity contribution in [3.63, 3.8) is 0 Å². The van der Waals surface area contributed by atoms with Crippen LogP contribution in [0.1, 0.15) is 81.2 Å². The molecule has 0 aromatic rings. The third-order valence-corrected chi connectivity index (χ3v) is 6.51. The number of ether oxygens (including phenoxy) is 1. The zero-order chi connectivity index (χ0) is 28.3. The molecule has 176 valence electrons. The van der Waals surface area contributed by atoms with Gasteiger partial charge in [-0.2, -0.15) is 0 Å². The molecular weight excluding hydrogens is 419 g/mol. The minimum Gasteiger partial charge on any atom is -0.550 e. The maximum atomic E-state index is 13.4. The van der Waals surface area contributed by atoms with Crippen LogP contribution in [0.5, 0.6) is 0 Å². The van der Waals surface area contributed by atoms with Crippen LogP contribution >= 0.6 is 0 Å². The monoisotopic (exact) mass is 464 g/mol. The first-order valence-corrected chi connectivity index (χ1v) is 11.1. The number of carbonyl (C=O) groups is 2. The number of rotatable bonds is 10. The molecule has 0 aliphatic heterocycles. The molecule has 0 aromatic heterocycles. The average Bonchev–Trinajstić information content (AvgIpc) is 2.71. The number of carboxylic acid groups (broad SMARTS) is 1. The van der Waals surface area contributed by atoms with Crippen molar-refractivity contribution in [3.8, 4) is 0 Å². The van der Waals surface area contributed by atoms with E-state index in [0.717, 1.165) is 5.57 Å². The molecule has 7 heteroatoms. The summed E-state index contributed by atoms with van der Waals surface area (Å²) in [6, 6.07) is 0. The van der Waals surface area contributed by atoms with Gasteiger partial charge in [-0.1, -0.05) is 39.0 Å². The summed E-state index contributed by atoms with van der Waals surface area (Å²) < 4.78 is 53.3. The Balaban J connectivity index is 0.00000722. The van der Waals surface area contributed by atoms with Crippen LogP contribution in [-0.4, -0.2) is 40.5 Å². The van der Waals surface area contributed by atoms with Gasteiger partial charge in [-0.3, -0.25) is 4.79 Å². The zero-order valence-electron chi connectivity index (χ0n) is 25.5. The molecule has 0 amide bonds. The second-order valence-corrected chi connectivity index (χ2v) is 9.19. The van der Waals surface area contributed by atoms with E-state index in [9.17, 15) is 24.9 Å². The van der Waals surface area contributed by atoms with E-state index in [4.69, 9.17) is 13.0 Å². The van der Waals surface area contributed by atoms with Crippen LogP contribution in [0.2, 0.25) is 0 Å². The quantitative estimate of drug-likeness (QED) is 0.342. The summed E-state index contributed by atoms with van der Waals surface area (Å²) in [5, 5.41) is 30.9. The van der Waals surface area contributed by atoms with Gasteiger partial charge in [-0.15, -0.1) is 0 Å². The Morgan fingerprint density at radius 2 is 2.00 bits per heavy atom. The Kier molecular flexibility index (Phi) is 8.21. The number of esters is 1. The zero-order valence-corrected chi connectivity index (χ0v) is 21.5. The Hall–Kier alpha value is -0.660. The van der Waals surface area contributed by atoms with E-state index in [-0.39, 0.29) is 66.1 Å². The van der Waals surface area contributed by atoms with Gasteiger partial charge in [0, 0.05) is 26.5 Å². The molecule has 2 aliphatic rings. The fraction of sp³-hybridized carbons (Fsp3) is 0.760. The molecule has 0 bridgehead atoms. The van der Waals surface area contributed by atoms with E-state index in [2.05, 4.69) is 6.08 Å². The van der Waals surface area contributed by atoms with Gasteiger partial charge in [0.2, 0.25) is 0 Å². The predicted molar refractivity (Wildman–Crippen MR) is 117 cm³/mol. The number of hydrogen-bond donors (Lipinski definition) is 2. The summed E-state index contributed by atoms with van der Waals surface area (Å²) >= 11 is 0. The maximum absolute atomic E-state index is 13.4. The molecule has 0 heterocycles. The molecule has 7 atom stereocenters. The number of aliphatic hydroxyl groups is 2. The van der Waals surface area contributed by atoms with Gasteiger partial charge < -0.3 is 24.9 Å². The second-order valence-electron chi connectivity index (χ2n) is 9.19. The largest absolute Gasteiger partial charge is 1.00 e. The predicted octanol–water partition coefficient (Wildman–Crippen LogP) is -0.225. The van der Waals surface area contributed by atoms with Gasteiger partial charge in [0.05, 0.1) is 17.6 Å². The Labute approximate surface area is 223 Å². The molecule has 0 aromatic carbocycles. The molecular formula is C25H39NaO6. The Morgan fingerprint density at radius 3 is 2.59 bits per heavy atom. The fourth-order valence-electron chi connectivity index (χ4n) is 4.70. The number of allylic oxidation sites excluding steroid dienone is 3. The normalized spacial score (nSPS) is 32.8. The van der Waals surface area contributed by atoms with Crippen molar-refractivity contribution in [2.75, 3.05) is 0 Å². The molecule has 2 rings (SSSR count). The van der Waals surface area contributed by atoms with E-state index in [1.54, 1.807) is 0 Å². The molecule has 0 saturated carbocycles. The van der Waals surface area contributed by atoms with E-state index in [1.165, 1.54) is 6.92 Å². The Morgan fingerprint density at radius 1 is 1.31 bits per heavy atom. The topological polar surface area (TPSA) is 107 Å². The minimum absolute atomic E-state index is 0. The minimum atomic E-state index is -3.10. The number of carboxylic acids is 1. The molecule has 6 nitrogen and oxygen atoms in total. The maximum Gasteiger partial charge on any atom is 1.00 e. The van der Waals surface area contributed by atoms with Crippen molar-refractivity contribution in [1.29, 1.82) is 0 Å². The molecule has 0 radical (unpaired) electrons. The molecule has 0 unspecified atom stereocenters. The van der Waals surface area contributed by atoms with Crippen LogP contribution in [0.15, 0.2) is 23.8 Å². The van der Waals surface area contributed by atoms with Gasteiger partial charge >= 0.3 is 35.5 Å². The third kappa shape index (κ3) is 7.98. The number of hydrogen-bond acceptors (Lipinski definition) is 6. The first-order chi connectivity index (χ1) is 16.9. The van der Waals surface area contributed by atoms with Gasteiger partial charge in [-0.05, 0) is 69.1 Å². The number of aliphatic hydroxyl groups excluding tert-OH is 2. The van der Waals surface area contributed by atoms with Crippen molar-refractivity contribution in [1.82, 2.24) is 0 Å². The third-order valence-electron chi connectivity index (χ3n) is 6.51. The van der Waals surface area contributed by atoms with E-state index in [1.807, 2.05) is 26.0 Å². The molecule has 2 N–H and O–H groups in total. The van der Waals surface area contributed by atoms with Crippen molar-refractivity contribution in [2.24, 2.45) is 29.1 Å². The van der Waals surface area contributed by atoms with E-state index >= 15 is 0 Å². The summed E-state index contributed by atoms with van der Waals surface area (Å²) in [5.74, 6) is -3.09. The van der Waals surface area contributed by atoms with Gasteiger partial charge in [0.25, 0.3) is 0 Å². The molecule has 0 fully saturated rings. The van der Waals surface area contributed by atoms with Crippen LogP contribution in [0, 0.1) is 29.1 Å². The summed E-state index contributed by atoms with van der Waals surface area (Å²) in [5.41, 5.74) is -1.74. The van der Waals surface area contributed by atoms with Crippen molar-refractivity contribution in [2.45, 2.75) is 91.3 Å². The number of fused-ring (bicyclic) bond motifs is 1. The van der Waals surface area contributed by atoms with Crippen molar-refractivity contribution in [3.05, 3.63) is 23.8 Å². The van der Waals surface area contributed by atoms with Crippen LogP contribution in [0.25, 0.3) is 0 Å². The van der Waals surface area contributed by atoms with Crippen LogP contribution in [-0.2, 0) is 14.3 Å². The molecule has 32 heavy (non-hydrogen) atoms. The van der Waals surface area contributed by atoms with Gasteiger partial charge in [-0.25, -0.2) is 0 Å².